The largest absolute Gasteiger partial charge is 0.225 e. The zero-order chi connectivity index (χ0) is 13.9. The van der Waals surface area contributed by atoms with E-state index in [1.807, 2.05) is 19.3 Å². The van der Waals surface area contributed by atoms with Gasteiger partial charge >= 0.3 is 0 Å². The van der Waals surface area contributed by atoms with Gasteiger partial charge in [0.15, 0.2) is 12.0 Å². The zero-order valence-electron chi connectivity index (χ0n) is 11.5. The van der Waals surface area contributed by atoms with Crippen LogP contribution in [0, 0.1) is 6.92 Å². The smallest absolute Gasteiger partial charge is 0.212 e. The second-order valence-electron chi connectivity index (χ2n) is 4.69. The first kappa shape index (κ1) is 12.4. The minimum Gasteiger partial charge on any atom is -0.225 e. The van der Waals surface area contributed by atoms with Crippen LogP contribution in [0.1, 0.15) is 5.56 Å². The third kappa shape index (κ3) is 2.28. The predicted molar refractivity (Wildman–Crippen MR) is 76.6 cm³/mol. The summed E-state index contributed by atoms with van der Waals surface area (Å²) in [6.45, 7) is 2.12. The summed E-state index contributed by atoms with van der Waals surface area (Å²) in [5.41, 5.74) is 4.64. The molecule has 0 aliphatic heterocycles. The molecule has 0 aliphatic carbocycles. The van der Waals surface area contributed by atoms with Crippen LogP contribution in [-0.4, -0.2) is 15.0 Å². The van der Waals surface area contributed by atoms with Gasteiger partial charge in [0, 0.05) is 11.6 Å². The Kier molecular flexibility index (Phi) is 3.21. The molecular formula is C16H15N4+. The lowest BCUT2D eigenvalue weighted by Crippen LogP contribution is -2.31. The molecular weight excluding hydrogens is 248 g/mol. The van der Waals surface area contributed by atoms with E-state index in [-0.39, 0.29) is 0 Å². The van der Waals surface area contributed by atoms with Crippen LogP contribution in [0.25, 0.3) is 22.6 Å². The highest BCUT2D eigenvalue weighted by Gasteiger charge is 2.14. The number of hydrogen-bond acceptors (Lipinski definition) is 3. The molecule has 1 aromatic carbocycles. The van der Waals surface area contributed by atoms with Crippen LogP contribution >= 0.6 is 0 Å². The second-order valence-corrected chi connectivity index (χ2v) is 4.69. The molecule has 0 radical (unpaired) electrons. The number of pyridine rings is 1. The molecule has 3 rings (SSSR count). The van der Waals surface area contributed by atoms with E-state index in [4.69, 9.17) is 0 Å². The summed E-state index contributed by atoms with van der Waals surface area (Å²) in [6.07, 6.45) is 5.06. The first-order chi connectivity index (χ1) is 9.75. The average Bonchev–Trinajstić information content (AvgIpc) is 2.49. The van der Waals surface area contributed by atoms with Crippen molar-refractivity contribution >= 4 is 0 Å². The molecule has 0 saturated heterocycles. The Labute approximate surface area is 117 Å². The van der Waals surface area contributed by atoms with Crippen molar-refractivity contribution in [1.29, 1.82) is 0 Å². The maximum atomic E-state index is 4.17. The van der Waals surface area contributed by atoms with Gasteiger partial charge in [0.25, 0.3) is 0 Å². The van der Waals surface area contributed by atoms with Crippen LogP contribution in [-0.2, 0) is 7.05 Å². The summed E-state index contributed by atoms with van der Waals surface area (Å²) in [6, 6.07) is 12.5. The van der Waals surface area contributed by atoms with Gasteiger partial charge in [0.2, 0.25) is 5.69 Å². The first-order valence-corrected chi connectivity index (χ1v) is 6.44. The van der Waals surface area contributed by atoms with Crippen LogP contribution in [0.4, 0.5) is 0 Å². The molecule has 0 unspecified atom stereocenters. The second kappa shape index (κ2) is 5.17. The summed E-state index contributed by atoms with van der Waals surface area (Å²) in [4.78, 5) is 12.2. The third-order valence-electron chi connectivity index (χ3n) is 3.31. The fraction of sp³-hybridized carbons (Fsp3) is 0.125. The molecule has 0 fully saturated rings. The lowest BCUT2D eigenvalue weighted by atomic mass is 10.0. The normalized spacial score (nSPS) is 10.5. The minimum atomic E-state index is 0.687. The van der Waals surface area contributed by atoms with E-state index < -0.39 is 0 Å². The molecule has 0 aliphatic rings. The molecule has 98 valence electrons. The van der Waals surface area contributed by atoms with Gasteiger partial charge in [0.05, 0.1) is 5.56 Å². The lowest BCUT2D eigenvalue weighted by molar-refractivity contribution is -0.659. The zero-order valence-corrected chi connectivity index (χ0v) is 11.5. The number of nitrogens with zero attached hydrogens (tertiary/aromatic N) is 4. The predicted octanol–water partition coefficient (Wildman–Crippen LogP) is 2.34. The number of benzene rings is 1. The van der Waals surface area contributed by atoms with E-state index in [9.17, 15) is 0 Å². The number of aromatic nitrogens is 4. The maximum absolute atomic E-state index is 4.17. The molecule has 2 heterocycles. The Hall–Kier alpha value is -2.62. The highest BCUT2D eigenvalue weighted by molar-refractivity contribution is 5.63. The van der Waals surface area contributed by atoms with E-state index in [0.29, 0.717) is 5.82 Å². The van der Waals surface area contributed by atoms with Gasteiger partial charge in [-0.2, -0.15) is 0 Å². The van der Waals surface area contributed by atoms with Crippen LogP contribution < -0.4 is 4.57 Å². The quantitative estimate of drug-likeness (QED) is 0.666. The van der Waals surface area contributed by atoms with Crippen molar-refractivity contribution in [2.24, 2.45) is 7.05 Å². The van der Waals surface area contributed by atoms with Gasteiger partial charge in [-0.3, -0.25) is 0 Å². The topological polar surface area (TPSA) is 42.6 Å². The number of hydrogen-bond donors (Lipinski definition) is 0. The van der Waals surface area contributed by atoms with Crippen LogP contribution in [0.2, 0.25) is 0 Å². The standard InChI is InChI=1S/C16H15N4/c1-12-5-3-4-6-14(12)15-8-7-13(9-20(15)2)16-18-10-17-11-19-16/h3-11H,1-2H3/q+1. The highest BCUT2D eigenvalue weighted by atomic mass is 15.0. The molecule has 4 nitrogen and oxygen atoms in total. The molecule has 0 N–H and O–H groups in total. The van der Waals surface area contributed by atoms with Crippen molar-refractivity contribution in [2.45, 2.75) is 6.92 Å². The first-order valence-electron chi connectivity index (χ1n) is 6.44. The summed E-state index contributed by atoms with van der Waals surface area (Å²) in [5.74, 6) is 0.687. The van der Waals surface area contributed by atoms with Crippen LogP contribution in [0.3, 0.4) is 0 Å². The summed E-state index contributed by atoms with van der Waals surface area (Å²) in [7, 11) is 2.03. The fourth-order valence-corrected chi connectivity index (χ4v) is 2.27. The molecule has 0 bridgehead atoms. The highest BCUT2D eigenvalue weighted by Crippen LogP contribution is 2.21. The maximum Gasteiger partial charge on any atom is 0.212 e. The number of rotatable bonds is 2. The monoisotopic (exact) mass is 263 g/mol. The summed E-state index contributed by atoms with van der Waals surface area (Å²) < 4.78 is 2.10. The van der Waals surface area contributed by atoms with Crippen molar-refractivity contribution in [1.82, 2.24) is 15.0 Å². The van der Waals surface area contributed by atoms with Gasteiger partial charge in [-0.25, -0.2) is 19.5 Å². The minimum absolute atomic E-state index is 0.687. The molecule has 0 saturated carbocycles. The van der Waals surface area contributed by atoms with Crippen molar-refractivity contribution in [3.63, 3.8) is 0 Å². The average molecular weight is 263 g/mol. The Balaban J connectivity index is 2.07. The summed E-state index contributed by atoms with van der Waals surface area (Å²) >= 11 is 0. The van der Waals surface area contributed by atoms with Gasteiger partial charge in [-0.1, -0.05) is 18.2 Å². The Morgan fingerprint density at radius 3 is 2.40 bits per heavy atom. The summed E-state index contributed by atoms with van der Waals surface area (Å²) in [5, 5.41) is 0. The lowest BCUT2D eigenvalue weighted by Gasteiger charge is -2.05. The SMILES string of the molecule is Cc1ccccc1-c1ccc(-c2ncncn2)c[n+]1C. The molecule has 3 aromatic rings. The molecule has 4 heteroatoms. The van der Waals surface area contributed by atoms with Crippen LogP contribution in [0.15, 0.2) is 55.2 Å². The molecule has 0 spiro atoms. The van der Waals surface area contributed by atoms with Crippen molar-refractivity contribution in [3.8, 4) is 22.6 Å². The van der Waals surface area contributed by atoms with E-state index >= 15 is 0 Å². The Morgan fingerprint density at radius 1 is 0.950 bits per heavy atom. The molecule has 20 heavy (non-hydrogen) atoms. The van der Waals surface area contributed by atoms with Gasteiger partial charge in [-0.05, 0) is 24.6 Å². The number of aryl methyl sites for hydroxylation is 2. The van der Waals surface area contributed by atoms with Crippen LogP contribution in [0.5, 0.6) is 0 Å². The Bertz CT molecular complexity index is 738. The van der Waals surface area contributed by atoms with E-state index in [2.05, 4.69) is 56.8 Å². The molecule has 0 atom stereocenters. The molecule has 2 aromatic heterocycles. The van der Waals surface area contributed by atoms with E-state index in [1.165, 1.54) is 29.5 Å². The van der Waals surface area contributed by atoms with Crippen molar-refractivity contribution < 1.29 is 4.57 Å². The van der Waals surface area contributed by atoms with E-state index in [1.54, 1.807) is 0 Å². The third-order valence-corrected chi connectivity index (χ3v) is 3.31. The Morgan fingerprint density at radius 2 is 1.70 bits per heavy atom. The van der Waals surface area contributed by atoms with Gasteiger partial charge in [-0.15, -0.1) is 0 Å². The van der Waals surface area contributed by atoms with E-state index in [0.717, 1.165) is 5.56 Å². The van der Waals surface area contributed by atoms with Gasteiger partial charge in [0.1, 0.15) is 19.7 Å². The fourth-order valence-electron chi connectivity index (χ4n) is 2.27. The van der Waals surface area contributed by atoms with Crippen molar-refractivity contribution in [3.05, 3.63) is 60.8 Å². The molecule has 0 amide bonds. The van der Waals surface area contributed by atoms with Crippen molar-refractivity contribution in [2.75, 3.05) is 0 Å². The van der Waals surface area contributed by atoms with Gasteiger partial charge < -0.3 is 0 Å².